The smallest absolute Gasteiger partial charge is 0.307 e. The van der Waals surface area contributed by atoms with E-state index in [2.05, 4.69) is 0 Å². The zero-order valence-electron chi connectivity index (χ0n) is 14.0. The molecule has 0 saturated heterocycles. The Balaban J connectivity index is 2.25. The van der Waals surface area contributed by atoms with E-state index in [9.17, 15) is 13.2 Å². The second kappa shape index (κ2) is 6.22. The van der Waals surface area contributed by atoms with Gasteiger partial charge in [0.2, 0.25) is 5.91 Å². The zero-order chi connectivity index (χ0) is 17.5. The van der Waals surface area contributed by atoms with Gasteiger partial charge in [0.15, 0.2) is 0 Å². The number of hydrogen-bond donors (Lipinski definition) is 1. The van der Waals surface area contributed by atoms with E-state index in [1.807, 2.05) is 6.07 Å². The Morgan fingerprint density at radius 1 is 1.21 bits per heavy atom. The van der Waals surface area contributed by atoms with Gasteiger partial charge in [-0.25, -0.2) is 3.97 Å². The van der Waals surface area contributed by atoms with Gasteiger partial charge in [-0.1, -0.05) is 25.3 Å². The van der Waals surface area contributed by atoms with Crippen LogP contribution in [0.4, 0.5) is 0 Å². The van der Waals surface area contributed by atoms with Crippen LogP contribution in [-0.2, 0) is 10.2 Å². The summed E-state index contributed by atoms with van der Waals surface area (Å²) in [5.41, 5.74) is 7.24. The van der Waals surface area contributed by atoms with Crippen molar-refractivity contribution >= 4 is 27.0 Å². The molecule has 1 fully saturated rings. The summed E-state index contributed by atoms with van der Waals surface area (Å²) in [5.74, 6) is -0.203. The second-order valence-electron chi connectivity index (χ2n) is 6.60. The van der Waals surface area contributed by atoms with E-state index >= 15 is 0 Å². The van der Waals surface area contributed by atoms with E-state index < -0.39 is 16.1 Å². The highest BCUT2D eigenvalue weighted by atomic mass is 32.2. The van der Waals surface area contributed by atoms with Gasteiger partial charge < -0.3 is 5.73 Å². The Labute approximate surface area is 142 Å². The summed E-state index contributed by atoms with van der Waals surface area (Å²) in [4.78, 5) is 11.5. The molecule has 1 heterocycles. The molecule has 0 bridgehead atoms. The SMILES string of the molecule is CN(C)S(=O)(=O)n1cc(C2CCCCC2)c2ccc(C(N)=O)cc21. The fourth-order valence-electron chi connectivity index (χ4n) is 3.48. The lowest BCUT2D eigenvalue weighted by Crippen LogP contribution is -2.28. The molecule has 2 aromatic rings. The second-order valence-corrected chi connectivity index (χ2v) is 8.62. The number of carbonyl (C=O) groups excluding carboxylic acids is 1. The van der Waals surface area contributed by atoms with Crippen LogP contribution in [0.15, 0.2) is 24.4 Å². The van der Waals surface area contributed by atoms with Gasteiger partial charge in [0.05, 0.1) is 5.52 Å². The molecule has 1 amide bonds. The van der Waals surface area contributed by atoms with Gasteiger partial charge in [-0.2, -0.15) is 12.7 Å². The van der Waals surface area contributed by atoms with Crippen LogP contribution in [-0.4, -0.2) is 36.7 Å². The molecule has 2 N–H and O–H groups in total. The lowest BCUT2D eigenvalue weighted by Gasteiger charge is -2.21. The Morgan fingerprint density at radius 2 is 1.88 bits per heavy atom. The molecule has 1 aromatic heterocycles. The minimum atomic E-state index is -3.67. The topological polar surface area (TPSA) is 85.4 Å². The Morgan fingerprint density at radius 3 is 2.46 bits per heavy atom. The minimum Gasteiger partial charge on any atom is -0.366 e. The molecule has 6 nitrogen and oxygen atoms in total. The number of hydrogen-bond acceptors (Lipinski definition) is 3. The third kappa shape index (κ3) is 2.82. The van der Waals surface area contributed by atoms with Gasteiger partial charge in [-0.05, 0) is 36.5 Å². The van der Waals surface area contributed by atoms with Crippen LogP contribution in [0.1, 0.15) is 53.9 Å². The zero-order valence-corrected chi connectivity index (χ0v) is 14.8. The maximum absolute atomic E-state index is 12.7. The molecule has 3 rings (SSSR count). The summed E-state index contributed by atoms with van der Waals surface area (Å²) < 4.78 is 27.8. The van der Waals surface area contributed by atoms with Crippen molar-refractivity contribution in [2.24, 2.45) is 5.73 Å². The van der Waals surface area contributed by atoms with E-state index in [0.717, 1.165) is 36.6 Å². The Bertz CT molecular complexity index is 878. The number of amides is 1. The highest BCUT2D eigenvalue weighted by Crippen LogP contribution is 2.38. The quantitative estimate of drug-likeness (QED) is 0.920. The van der Waals surface area contributed by atoms with Crippen molar-refractivity contribution in [1.29, 1.82) is 0 Å². The molecule has 0 unspecified atom stereocenters. The number of fused-ring (bicyclic) bond motifs is 1. The maximum atomic E-state index is 12.7. The molecule has 0 spiro atoms. The normalized spacial score (nSPS) is 16.8. The average molecular weight is 349 g/mol. The van der Waals surface area contributed by atoms with Crippen molar-refractivity contribution in [2.45, 2.75) is 38.0 Å². The predicted molar refractivity (Wildman–Crippen MR) is 94.3 cm³/mol. The Hall–Kier alpha value is -1.86. The van der Waals surface area contributed by atoms with Gasteiger partial charge in [0.25, 0.3) is 0 Å². The lowest BCUT2D eigenvalue weighted by molar-refractivity contribution is 0.100. The summed E-state index contributed by atoms with van der Waals surface area (Å²) in [6.07, 6.45) is 7.42. The van der Waals surface area contributed by atoms with Crippen molar-refractivity contribution in [3.8, 4) is 0 Å². The highest BCUT2D eigenvalue weighted by Gasteiger charge is 2.26. The van der Waals surface area contributed by atoms with E-state index in [1.165, 1.54) is 28.8 Å². The van der Waals surface area contributed by atoms with Crippen LogP contribution in [0.3, 0.4) is 0 Å². The molecular weight excluding hydrogens is 326 g/mol. The summed E-state index contributed by atoms with van der Waals surface area (Å²) in [6.45, 7) is 0. The van der Waals surface area contributed by atoms with E-state index in [1.54, 1.807) is 18.3 Å². The van der Waals surface area contributed by atoms with Gasteiger partial charge >= 0.3 is 10.2 Å². The number of primary amides is 1. The number of nitrogens with two attached hydrogens (primary N) is 1. The first-order valence-corrected chi connectivity index (χ1v) is 9.60. The van der Waals surface area contributed by atoms with Crippen LogP contribution in [0.5, 0.6) is 0 Å². The predicted octanol–water partition coefficient (Wildman–Crippen LogP) is 2.44. The van der Waals surface area contributed by atoms with Gasteiger partial charge in [0, 0.05) is 31.2 Å². The molecule has 24 heavy (non-hydrogen) atoms. The molecule has 1 saturated carbocycles. The monoisotopic (exact) mass is 349 g/mol. The van der Waals surface area contributed by atoms with Crippen molar-refractivity contribution in [3.63, 3.8) is 0 Å². The number of benzene rings is 1. The van der Waals surface area contributed by atoms with Crippen molar-refractivity contribution in [2.75, 3.05) is 14.1 Å². The van der Waals surface area contributed by atoms with Crippen molar-refractivity contribution in [3.05, 3.63) is 35.5 Å². The molecular formula is C17H23N3O3S. The van der Waals surface area contributed by atoms with Crippen LogP contribution in [0.25, 0.3) is 10.9 Å². The van der Waals surface area contributed by atoms with Crippen LogP contribution in [0, 0.1) is 0 Å². The van der Waals surface area contributed by atoms with E-state index in [-0.39, 0.29) is 0 Å². The summed E-state index contributed by atoms with van der Waals surface area (Å²) in [7, 11) is -0.667. The molecule has 1 aliphatic carbocycles. The standard InChI is InChI=1S/C17H23N3O3S/c1-19(2)24(22,23)20-11-15(12-6-4-3-5-7-12)14-9-8-13(17(18)21)10-16(14)20/h8-12H,3-7H2,1-2H3,(H2,18,21). The minimum absolute atomic E-state index is 0.311. The molecule has 0 radical (unpaired) electrons. The van der Waals surface area contributed by atoms with E-state index in [0.29, 0.717) is 17.0 Å². The molecule has 1 aromatic carbocycles. The van der Waals surface area contributed by atoms with Crippen molar-refractivity contribution in [1.82, 2.24) is 8.28 Å². The number of aromatic nitrogens is 1. The molecule has 0 atom stereocenters. The van der Waals surface area contributed by atoms with Gasteiger partial charge in [0.1, 0.15) is 0 Å². The summed E-state index contributed by atoms with van der Waals surface area (Å²) >= 11 is 0. The summed E-state index contributed by atoms with van der Waals surface area (Å²) in [6, 6.07) is 5.07. The van der Waals surface area contributed by atoms with Crippen LogP contribution in [0.2, 0.25) is 0 Å². The average Bonchev–Trinajstić information content (AvgIpc) is 2.94. The maximum Gasteiger partial charge on any atom is 0.307 e. The first-order chi connectivity index (χ1) is 11.3. The number of nitrogens with zero attached hydrogens (tertiary/aromatic N) is 2. The third-order valence-electron chi connectivity index (χ3n) is 4.84. The highest BCUT2D eigenvalue weighted by molar-refractivity contribution is 7.87. The molecule has 0 aliphatic heterocycles. The van der Waals surface area contributed by atoms with Gasteiger partial charge in [-0.3, -0.25) is 4.79 Å². The van der Waals surface area contributed by atoms with Crippen LogP contribution >= 0.6 is 0 Å². The number of rotatable bonds is 4. The Kier molecular flexibility index (Phi) is 4.40. The molecule has 1 aliphatic rings. The first-order valence-electron chi connectivity index (χ1n) is 8.20. The fraction of sp³-hybridized carbons (Fsp3) is 0.471. The van der Waals surface area contributed by atoms with E-state index in [4.69, 9.17) is 5.73 Å². The first kappa shape index (κ1) is 17.0. The third-order valence-corrected chi connectivity index (χ3v) is 6.56. The van der Waals surface area contributed by atoms with Crippen LogP contribution < -0.4 is 5.73 Å². The van der Waals surface area contributed by atoms with Gasteiger partial charge in [-0.15, -0.1) is 0 Å². The summed E-state index contributed by atoms with van der Waals surface area (Å²) in [5, 5.41) is 0.886. The molecule has 7 heteroatoms. The van der Waals surface area contributed by atoms with Crippen molar-refractivity contribution < 1.29 is 13.2 Å². The lowest BCUT2D eigenvalue weighted by atomic mass is 9.84. The number of carbonyl (C=O) groups is 1. The largest absolute Gasteiger partial charge is 0.366 e. The molecule has 130 valence electrons. The fourth-order valence-corrected chi connectivity index (χ4v) is 4.48.